The van der Waals surface area contributed by atoms with Crippen LogP contribution < -0.4 is 22.1 Å². The van der Waals surface area contributed by atoms with Crippen LogP contribution in [0.2, 0.25) is 5.82 Å². The minimum Gasteiger partial charge on any atom is -0.405 e. The van der Waals surface area contributed by atoms with Crippen LogP contribution in [0.3, 0.4) is 0 Å². The van der Waals surface area contributed by atoms with E-state index in [1.165, 1.54) is 23.8 Å². The summed E-state index contributed by atoms with van der Waals surface area (Å²) in [4.78, 5) is 72.6. The number of rotatable bonds is 25. The molecule has 13 nitrogen and oxygen atoms in total. The minimum absolute atomic E-state index is 0.00397. The van der Waals surface area contributed by atoms with Crippen LogP contribution in [0.1, 0.15) is 135 Å². The number of aromatic nitrogens is 1. The van der Waals surface area contributed by atoms with Crippen LogP contribution in [0, 0.1) is 29.1 Å². The second kappa shape index (κ2) is 21.4. The molecule has 0 radical (unpaired) electrons. The van der Waals surface area contributed by atoms with Gasteiger partial charge < -0.3 is 36.5 Å². The van der Waals surface area contributed by atoms with Gasteiger partial charge in [0, 0.05) is 42.0 Å². The molecule has 3 saturated carbocycles. The number of carbonyl (C=O) groups excluding carboxylic acids is 5. The Hall–Kier alpha value is -3.34. The smallest absolute Gasteiger partial charge is 0.405 e. The molecule has 2 bridgehead atoms. The lowest BCUT2D eigenvalue weighted by atomic mass is 9.43. The molecular formula is C46H70BN5O8S. The summed E-state index contributed by atoms with van der Waals surface area (Å²) in [6, 6.07) is 6.01. The van der Waals surface area contributed by atoms with Gasteiger partial charge in [-0.05, 0) is 107 Å². The molecule has 0 unspecified atom stereocenters. The average molecular weight is 864 g/mol. The van der Waals surface area contributed by atoms with Crippen molar-refractivity contribution in [2.24, 2.45) is 40.6 Å². The van der Waals surface area contributed by atoms with E-state index in [9.17, 15) is 29.1 Å². The lowest BCUT2D eigenvalue weighted by Crippen LogP contribution is -2.65. The van der Waals surface area contributed by atoms with E-state index in [4.69, 9.17) is 20.8 Å². The first-order chi connectivity index (χ1) is 28.9. The average Bonchev–Trinajstić information content (AvgIpc) is 3.86. The zero-order valence-corrected chi connectivity index (χ0v) is 38.2. The molecule has 1 saturated heterocycles. The number of aliphatic hydroxyl groups is 1. The van der Waals surface area contributed by atoms with Crippen LogP contribution in [0.15, 0.2) is 29.6 Å². The third kappa shape index (κ3) is 11.6. The first-order valence-electron chi connectivity index (χ1n) is 22.6. The van der Waals surface area contributed by atoms with Gasteiger partial charge >= 0.3 is 7.12 Å². The van der Waals surface area contributed by atoms with Crippen molar-refractivity contribution < 1.29 is 38.4 Å². The van der Waals surface area contributed by atoms with Gasteiger partial charge in [-0.25, -0.2) is 4.98 Å². The molecule has 2 amide bonds. The van der Waals surface area contributed by atoms with E-state index < -0.39 is 60.3 Å². The van der Waals surface area contributed by atoms with Crippen LogP contribution in [0.4, 0.5) is 0 Å². The highest BCUT2D eigenvalue weighted by atomic mass is 32.1. The van der Waals surface area contributed by atoms with Crippen LogP contribution in [-0.2, 0) is 34.9 Å². The van der Waals surface area contributed by atoms with Crippen molar-refractivity contribution in [1.82, 2.24) is 15.6 Å². The highest BCUT2D eigenvalue weighted by Crippen LogP contribution is 2.66. The molecule has 4 aliphatic rings. The molecule has 15 heteroatoms. The van der Waals surface area contributed by atoms with Gasteiger partial charge in [-0.1, -0.05) is 65.3 Å². The van der Waals surface area contributed by atoms with Crippen LogP contribution in [-0.4, -0.2) is 89.4 Å². The first kappa shape index (κ1) is 48.7. The van der Waals surface area contributed by atoms with E-state index in [1.54, 1.807) is 12.3 Å². The number of unbranched alkanes of at least 4 members (excludes halogenated alkanes) is 2. The summed E-state index contributed by atoms with van der Waals surface area (Å²) >= 11 is 1.35. The standard InChI is InChI=1S/C46H70BN5O8S/c1-8-9-12-30-14-16-31(17-15-30)44-51-35(26-61-44)37(55)23-32(18-20-49)43(58)52-41(29(4)53)38(56)21-27(2)42(57)50-34(13-10-11-19-48)36(54)22-28(3)47-59-40-25-33-24-39(45(33,5)6)46(40,7)60-47/h14-17,26-29,32-34,39-41,53H,8-13,18-25,48-49H2,1-7H3,(H,50,57)(H,52,58)/t27-,28-,29-,32-,33+,34+,39+,40-,41+,46+/m1/s1. The molecule has 2 heterocycles. The number of thiazole rings is 1. The van der Waals surface area contributed by atoms with Crippen LogP contribution in [0.5, 0.6) is 0 Å². The van der Waals surface area contributed by atoms with Gasteiger partial charge in [0.15, 0.2) is 17.3 Å². The van der Waals surface area contributed by atoms with Gasteiger partial charge in [-0.3, -0.25) is 24.0 Å². The van der Waals surface area contributed by atoms with E-state index in [1.807, 2.05) is 19.1 Å². The minimum atomic E-state index is -1.33. The summed E-state index contributed by atoms with van der Waals surface area (Å²) in [7, 11) is -0.523. The first-order valence-corrected chi connectivity index (χ1v) is 23.5. The van der Waals surface area contributed by atoms with Crippen LogP contribution in [0.25, 0.3) is 10.6 Å². The second-order valence-electron chi connectivity index (χ2n) is 18.9. The monoisotopic (exact) mass is 864 g/mol. The maximum Gasteiger partial charge on any atom is 0.461 e. The molecule has 0 spiro atoms. The van der Waals surface area contributed by atoms with E-state index in [0.717, 1.165) is 37.7 Å². The molecular weight excluding hydrogens is 793 g/mol. The van der Waals surface area contributed by atoms with Gasteiger partial charge in [0.25, 0.3) is 0 Å². The molecule has 336 valence electrons. The number of carbonyl (C=O) groups is 5. The maximum absolute atomic E-state index is 13.8. The summed E-state index contributed by atoms with van der Waals surface area (Å²) in [5.41, 5.74) is 13.8. The van der Waals surface area contributed by atoms with Crippen molar-refractivity contribution in [3.05, 3.63) is 40.9 Å². The number of nitrogens with zero attached hydrogens (tertiary/aromatic N) is 1. The van der Waals surface area contributed by atoms with Gasteiger partial charge in [0.2, 0.25) is 11.8 Å². The fourth-order valence-corrected chi connectivity index (χ4v) is 10.5. The number of Topliss-reactive ketones (excluding diaryl/α,β-unsaturated/α-hetero) is 3. The summed E-state index contributed by atoms with van der Waals surface area (Å²) in [5.74, 6) is -3.11. The Morgan fingerprint density at radius 3 is 2.28 bits per heavy atom. The Labute approximate surface area is 366 Å². The summed E-state index contributed by atoms with van der Waals surface area (Å²) in [6.07, 6.45) is 5.55. The fourth-order valence-electron chi connectivity index (χ4n) is 9.67. The molecule has 3 aliphatic carbocycles. The number of nitrogens with two attached hydrogens (primary N) is 2. The van der Waals surface area contributed by atoms with Crippen molar-refractivity contribution in [3.63, 3.8) is 0 Å². The SMILES string of the molecule is CCCCc1ccc(-c2nc(C(=O)C[C@@H](CCN)C(=O)N[C@H](C(=O)C[C@@H](C)C(=O)N[C@@H](CCCCN)C(=O)C[C@@H](C)B3O[C@@H]4C[C@@H]5C[C@@H](C5(C)C)[C@]4(C)O3)[C@@H](C)O)cs2)cc1. The Balaban J connectivity index is 1.15. The van der Waals surface area contributed by atoms with Crippen molar-refractivity contribution in [2.45, 2.75) is 161 Å². The Morgan fingerprint density at radius 1 is 0.918 bits per heavy atom. The van der Waals surface area contributed by atoms with Crippen LogP contribution >= 0.6 is 11.3 Å². The van der Waals surface area contributed by atoms with Gasteiger partial charge in [-0.15, -0.1) is 11.3 Å². The van der Waals surface area contributed by atoms with Gasteiger partial charge in [0.1, 0.15) is 16.7 Å². The molecule has 1 aromatic carbocycles. The number of amides is 2. The number of hydrogen-bond donors (Lipinski definition) is 5. The zero-order chi connectivity index (χ0) is 44.6. The lowest BCUT2D eigenvalue weighted by molar-refractivity contribution is -0.199. The maximum atomic E-state index is 13.8. The van der Waals surface area contributed by atoms with E-state index in [0.29, 0.717) is 42.7 Å². The second-order valence-corrected chi connectivity index (χ2v) is 19.7. The van der Waals surface area contributed by atoms with Crippen molar-refractivity contribution in [2.75, 3.05) is 13.1 Å². The normalized spacial score (nSPS) is 24.4. The van der Waals surface area contributed by atoms with Gasteiger partial charge in [-0.2, -0.15) is 0 Å². The molecule has 1 aliphatic heterocycles. The predicted molar refractivity (Wildman–Crippen MR) is 239 cm³/mol. The number of aryl methyl sites for hydroxylation is 1. The van der Waals surface area contributed by atoms with Crippen molar-refractivity contribution in [3.8, 4) is 10.6 Å². The van der Waals surface area contributed by atoms with Crippen molar-refractivity contribution >= 4 is 47.6 Å². The Bertz CT molecular complexity index is 1840. The quantitative estimate of drug-likeness (QED) is 0.0454. The third-order valence-electron chi connectivity index (χ3n) is 13.8. The molecule has 6 rings (SSSR count). The highest BCUT2D eigenvalue weighted by Gasteiger charge is 2.68. The summed E-state index contributed by atoms with van der Waals surface area (Å²) in [6.45, 7) is 14.4. The number of ketones is 3. The Morgan fingerprint density at radius 2 is 1.64 bits per heavy atom. The topological polar surface area (TPSA) is 213 Å². The molecule has 1 aromatic heterocycles. The molecule has 4 fully saturated rings. The summed E-state index contributed by atoms with van der Waals surface area (Å²) < 4.78 is 13.1. The Kier molecular flexibility index (Phi) is 17.1. The van der Waals surface area contributed by atoms with E-state index >= 15 is 0 Å². The fraction of sp³-hybridized carbons (Fsp3) is 0.696. The number of benzene rings is 1. The number of aliphatic hydroxyl groups excluding tert-OH is 1. The number of hydrogen-bond acceptors (Lipinski definition) is 12. The molecule has 10 atom stereocenters. The van der Waals surface area contributed by atoms with E-state index in [-0.39, 0.29) is 66.8 Å². The van der Waals surface area contributed by atoms with Crippen molar-refractivity contribution in [1.29, 1.82) is 0 Å². The highest BCUT2D eigenvalue weighted by molar-refractivity contribution is 7.13. The molecule has 7 N–H and O–H groups in total. The predicted octanol–water partition coefficient (Wildman–Crippen LogP) is 5.84. The molecule has 2 aromatic rings. The zero-order valence-electron chi connectivity index (χ0n) is 37.4. The number of nitrogens with one attached hydrogen (secondary N) is 2. The van der Waals surface area contributed by atoms with Gasteiger partial charge in [0.05, 0.1) is 23.9 Å². The third-order valence-corrected chi connectivity index (χ3v) is 14.7. The largest absolute Gasteiger partial charge is 0.461 e. The lowest BCUT2D eigenvalue weighted by Gasteiger charge is -2.64. The van der Waals surface area contributed by atoms with E-state index in [2.05, 4.69) is 55.4 Å². The molecule has 61 heavy (non-hydrogen) atoms. The summed E-state index contributed by atoms with van der Waals surface area (Å²) in [5, 5.41) is 18.6.